The Hall–Kier alpha value is -1.31. The fraction of sp³-hybridized carbons (Fsp3) is 0.533. The number of carbonyl (C=O) groups is 1. The second-order valence-electron chi connectivity index (χ2n) is 6.42. The van der Waals surface area contributed by atoms with E-state index in [-0.39, 0.29) is 16.8 Å². The molecule has 0 radical (unpaired) electrons. The summed E-state index contributed by atoms with van der Waals surface area (Å²) in [5.41, 5.74) is 1.58. The van der Waals surface area contributed by atoms with Gasteiger partial charge in [-0.05, 0) is 37.0 Å². The van der Waals surface area contributed by atoms with Crippen molar-refractivity contribution in [3.05, 3.63) is 29.3 Å². The molecule has 1 aliphatic rings. The van der Waals surface area contributed by atoms with E-state index in [1.165, 1.54) is 5.56 Å². The SMILES string of the molecule is CC1(C)CC(=O)c2cc(C(C)(C)C)ccc2O1. The number of rotatable bonds is 0. The first kappa shape index (κ1) is 12.2. The molecule has 0 unspecified atom stereocenters. The molecule has 2 nitrogen and oxygen atoms in total. The third-order valence-corrected chi connectivity index (χ3v) is 3.12. The van der Waals surface area contributed by atoms with Crippen LogP contribution in [0, 0.1) is 0 Å². The standard InChI is InChI=1S/C15H20O2/c1-14(2,3)10-6-7-13-11(8-10)12(16)9-15(4,5)17-13/h6-8H,9H2,1-5H3. The maximum Gasteiger partial charge on any atom is 0.170 e. The Balaban J connectivity index is 2.48. The van der Waals surface area contributed by atoms with E-state index in [1.807, 2.05) is 32.0 Å². The number of ketones is 1. The van der Waals surface area contributed by atoms with Crippen molar-refractivity contribution in [3.63, 3.8) is 0 Å². The van der Waals surface area contributed by atoms with Gasteiger partial charge in [-0.2, -0.15) is 0 Å². The molecule has 0 aromatic heterocycles. The summed E-state index contributed by atoms with van der Waals surface area (Å²) in [6.45, 7) is 10.3. The highest BCUT2D eigenvalue weighted by molar-refractivity contribution is 6.00. The Labute approximate surface area is 103 Å². The van der Waals surface area contributed by atoms with Crippen LogP contribution in [0.1, 0.15) is 57.0 Å². The van der Waals surface area contributed by atoms with Crippen LogP contribution in [-0.4, -0.2) is 11.4 Å². The highest BCUT2D eigenvalue weighted by Crippen LogP contribution is 2.35. The number of ether oxygens (including phenoxy) is 1. The summed E-state index contributed by atoms with van der Waals surface area (Å²) in [4.78, 5) is 12.1. The molecule has 0 bridgehead atoms. The topological polar surface area (TPSA) is 26.3 Å². The molecule has 0 N–H and O–H groups in total. The highest BCUT2D eigenvalue weighted by atomic mass is 16.5. The first-order chi connectivity index (χ1) is 7.69. The van der Waals surface area contributed by atoms with Crippen LogP contribution in [0.4, 0.5) is 0 Å². The number of benzene rings is 1. The Bertz CT molecular complexity index is 464. The highest BCUT2D eigenvalue weighted by Gasteiger charge is 2.33. The molecule has 0 fully saturated rings. The number of fused-ring (bicyclic) bond motifs is 1. The molecule has 0 aliphatic carbocycles. The number of hydrogen-bond acceptors (Lipinski definition) is 2. The van der Waals surface area contributed by atoms with Gasteiger partial charge in [0.2, 0.25) is 0 Å². The summed E-state index contributed by atoms with van der Waals surface area (Å²) in [7, 11) is 0. The van der Waals surface area contributed by atoms with Crippen molar-refractivity contribution in [3.8, 4) is 5.75 Å². The predicted octanol–water partition coefficient (Wildman–Crippen LogP) is 3.73. The molecule has 92 valence electrons. The van der Waals surface area contributed by atoms with E-state index in [0.717, 1.165) is 11.3 Å². The normalized spacial score (nSPS) is 18.5. The Morgan fingerprint density at radius 3 is 2.47 bits per heavy atom. The van der Waals surface area contributed by atoms with Crippen molar-refractivity contribution in [2.75, 3.05) is 0 Å². The van der Waals surface area contributed by atoms with Crippen molar-refractivity contribution in [2.24, 2.45) is 0 Å². The molecule has 2 heteroatoms. The molecule has 1 heterocycles. The van der Waals surface area contributed by atoms with Crippen LogP contribution in [-0.2, 0) is 5.41 Å². The summed E-state index contributed by atoms with van der Waals surface area (Å²) >= 11 is 0. The smallest absolute Gasteiger partial charge is 0.170 e. The van der Waals surface area contributed by atoms with E-state index in [1.54, 1.807) is 0 Å². The van der Waals surface area contributed by atoms with Gasteiger partial charge in [0.05, 0.1) is 12.0 Å². The predicted molar refractivity (Wildman–Crippen MR) is 68.8 cm³/mol. The lowest BCUT2D eigenvalue weighted by molar-refractivity contribution is 0.0619. The van der Waals surface area contributed by atoms with E-state index in [4.69, 9.17) is 4.74 Å². The zero-order valence-corrected chi connectivity index (χ0v) is 11.3. The molecule has 1 aromatic rings. The summed E-state index contributed by atoms with van der Waals surface area (Å²) < 4.78 is 5.84. The molecular weight excluding hydrogens is 212 g/mol. The summed E-state index contributed by atoms with van der Waals surface area (Å²) in [6.07, 6.45) is 0.452. The first-order valence-corrected chi connectivity index (χ1v) is 6.06. The van der Waals surface area contributed by atoms with E-state index >= 15 is 0 Å². The monoisotopic (exact) mass is 232 g/mol. The first-order valence-electron chi connectivity index (χ1n) is 6.06. The van der Waals surface area contributed by atoms with Gasteiger partial charge in [-0.1, -0.05) is 26.8 Å². The fourth-order valence-corrected chi connectivity index (χ4v) is 2.12. The molecule has 1 aliphatic heterocycles. The molecule has 0 spiro atoms. The number of hydrogen-bond donors (Lipinski definition) is 0. The second-order valence-corrected chi connectivity index (χ2v) is 6.42. The third kappa shape index (κ3) is 2.36. The minimum Gasteiger partial charge on any atom is -0.487 e. The zero-order chi connectivity index (χ0) is 12.8. The van der Waals surface area contributed by atoms with Crippen molar-refractivity contribution in [1.29, 1.82) is 0 Å². The van der Waals surface area contributed by atoms with Crippen molar-refractivity contribution < 1.29 is 9.53 Å². The lowest BCUT2D eigenvalue weighted by atomic mass is 9.84. The minimum atomic E-state index is -0.382. The van der Waals surface area contributed by atoms with Crippen molar-refractivity contribution in [1.82, 2.24) is 0 Å². The average molecular weight is 232 g/mol. The van der Waals surface area contributed by atoms with Crippen LogP contribution < -0.4 is 4.74 Å². The van der Waals surface area contributed by atoms with Gasteiger partial charge >= 0.3 is 0 Å². The average Bonchev–Trinajstić information content (AvgIpc) is 2.13. The van der Waals surface area contributed by atoms with Gasteiger partial charge in [0.1, 0.15) is 11.4 Å². The van der Waals surface area contributed by atoms with Crippen LogP contribution in [0.5, 0.6) is 5.75 Å². The van der Waals surface area contributed by atoms with Gasteiger partial charge in [-0.3, -0.25) is 4.79 Å². The maximum absolute atomic E-state index is 12.1. The van der Waals surface area contributed by atoms with Crippen LogP contribution in [0.2, 0.25) is 0 Å². The summed E-state index contributed by atoms with van der Waals surface area (Å²) in [5, 5.41) is 0. The maximum atomic E-state index is 12.1. The summed E-state index contributed by atoms with van der Waals surface area (Å²) in [6, 6.07) is 5.95. The van der Waals surface area contributed by atoms with E-state index < -0.39 is 0 Å². The van der Waals surface area contributed by atoms with Gasteiger partial charge in [0.25, 0.3) is 0 Å². The van der Waals surface area contributed by atoms with Crippen LogP contribution in [0.25, 0.3) is 0 Å². The molecule has 0 saturated carbocycles. The van der Waals surface area contributed by atoms with Crippen molar-refractivity contribution >= 4 is 5.78 Å². The quantitative estimate of drug-likeness (QED) is 0.681. The van der Waals surface area contributed by atoms with Crippen LogP contribution in [0.3, 0.4) is 0 Å². The van der Waals surface area contributed by atoms with Gasteiger partial charge in [0.15, 0.2) is 5.78 Å². The van der Waals surface area contributed by atoms with Gasteiger partial charge in [0, 0.05) is 0 Å². The Morgan fingerprint density at radius 2 is 1.88 bits per heavy atom. The largest absolute Gasteiger partial charge is 0.487 e. The van der Waals surface area contributed by atoms with Crippen LogP contribution >= 0.6 is 0 Å². The molecule has 2 rings (SSSR count). The number of carbonyl (C=O) groups excluding carboxylic acids is 1. The van der Waals surface area contributed by atoms with Crippen molar-refractivity contribution in [2.45, 2.75) is 52.1 Å². The molecule has 0 amide bonds. The lowest BCUT2D eigenvalue weighted by Crippen LogP contribution is -2.36. The second kappa shape index (κ2) is 3.59. The van der Waals surface area contributed by atoms with Crippen LogP contribution in [0.15, 0.2) is 18.2 Å². The molecule has 1 aromatic carbocycles. The molecule has 0 atom stereocenters. The molecular formula is C15H20O2. The van der Waals surface area contributed by atoms with E-state index in [9.17, 15) is 4.79 Å². The van der Waals surface area contributed by atoms with E-state index in [0.29, 0.717) is 6.42 Å². The Morgan fingerprint density at radius 1 is 1.24 bits per heavy atom. The number of Topliss-reactive ketones (excluding diaryl/α,β-unsaturated/α-hetero) is 1. The molecule has 0 saturated heterocycles. The van der Waals surface area contributed by atoms with Gasteiger partial charge in [-0.25, -0.2) is 0 Å². The zero-order valence-electron chi connectivity index (χ0n) is 11.3. The minimum absolute atomic E-state index is 0.0578. The summed E-state index contributed by atoms with van der Waals surface area (Å²) in [5.74, 6) is 0.904. The van der Waals surface area contributed by atoms with Gasteiger partial charge in [-0.15, -0.1) is 0 Å². The molecule has 17 heavy (non-hydrogen) atoms. The van der Waals surface area contributed by atoms with E-state index in [2.05, 4.69) is 20.8 Å². The lowest BCUT2D eigenvalue weighted by Gasteiger charge is -2.32. The third-order valence-electron chi connectivity index (χ3n) is 3.12. The van der Waals surface area contributed by atoms with Gasteiger partial charge < -0.3 is 4.74 Å². The Kier molecular flexibility index (Phi) is 2.57. The fourth-order valence-electron chi connectivity index (χ4n) is 2.12.